The fraction of sp³-hybridized carbons (Fsp3) is 0.500. The van der Waals surface area contributed by atoms with Crippen molar-refractivity contribution < 1.29 is 85.2 Å². The van der Waals surface area contributed by atoms with Crippen molar-refractivity contribution in [2.45, 2.75) is 23.7 Å². The van der Waals surface area contributed by atoms with Gasteiger partial charge in [-0.05, 0) is 12.8 Å². The molecular weight excluding hydrogens is 317 g/mol. The topological polar surface area (TPSA) is 181 Å². The number of carbonyl (C=O) groups excluding carboxylic acids is 2. The number of hydrogen-bond acceptors (Lipinski definition) is 7. The molecule has 0 fully saturated rings. The predicted molar refractivity (Wildman–Crippen MR) is 46.2 cm³/mol. The number of carboxylic acid groups (broad SMARTS) is 4. The van der Waals surface area contributed by atoms with E-state index < -0.39 is 34.7 Å². The molecule has 11 heteroatoms. The number of hydrogen-bond donors (Lipinski definition) is 3. The number of carbonyl (C=O) groups is 4. The van der Waals surface area contributed by atoms with E-state index in [9.17, 15) is 29.4 Å². The van der Waals surface area contributed by atoms with E-state index in [2.05, 4.69) is 16.0 Å². The Morgan fingerprint density at radius 1 is 1.11 bits per heavy atom. The van der Waals surface area contributed by atoms with Gasteiger partial charge in [-0.15, -0.1) is 0 Å². The summed E-state index contributed by atoms with van der Waals surface area (Å²) in [5, 5.41) is 35.4. The number of rotatable bonds is 6. The predicted octanol–water partition coefficient (Wildman–Crippen LogP) is -6.91. The minimum Gasteiger partial charge on any atom is 1.00 e. The Kier molecular flexibility index (Phi) is 15.3. The summed E-state index contributed by atoms with van der Waals surface area (Å²) in [6.07, 6.45) is -0.500. The molecular formula is C8H10FeNNaO8. The molecule has 19 heavy (non-hydrogen) atoms. The van der Waals surface area contributed by atoms with Gasteiger partial charge in [0.2, 0.25) is 0 Å². The smallest absolute Gasteiger partial charge is 1.00 e. The van der Waals surface area contributed by atoms with Crippen LogP contribution in [0.5, 0.6) is 0 Å². The fourth-order valence-electron chi connectivity index (χ4n) is 0.497. The third kappa shape index (κ3) is 15.3. The zero-order valence-electron chi connectivity index (χ0n) is 9.84. The van der Waals surface area contributed by atoms with Crippen molar-refractivity contribution in [2.24, 2.45) is 5.73 Å². The van der Waals surface area contributed by atoms with E-state index in [1.54, 1.807) is 0 Å². The van der Waals surface area contributed by atoms with Crippen LogP contribution in [0.25, 0.3) is 0 Å². The maximum Gasteiger partial charge on any atom is 1.00 e. The van der Waals surface area contributed by atoms with Crippen molar-refractivity contribution in [3.8, 4) is 0 Å². The van der Waals surface area contributed by atoms with Crippen LogP contribution in [-0.2, 0) is 35.2 Å². The van der Waals surface area contributed by atoms with E-state index in [0.29, 0.717) is 0 Å². The van der Waals surface area contributed by atoms with Crippen LogP contribution in [0.2, 0.25) is 4.82 Å². The minimum atomic E-state index is -1.55. The molecule has 0 aliphatic carbocycles. The summed E-state index contributed by atoms with van der Waals surface area (Å²) in [7, 11) is 0. The number of carboxylic acids is 4. The van der Waals surface area contributed by atoms with E-state index in [-0.39, 0.29) is 42.4 Å². The Balaban J connectivity index is -0.000000262. The van der Waals surface area contributed by atoms with E-state index in [1.807, 2.05) is 0 Å². The van der Waals surface area contributed by atoms with Crippen LogP contribution in [0.4, 0.5) is 0 Å². The molecule has 4 N–H and O–H groups in total. The summed E-state index contributed by atoms with van der Waals surface area (Å²) in [5.74, 6) is -5.59. The molecule has 1 unspecified atom stereocenters. The third-order valence-electron chi connectivity index (χ3n) is 1.38. The maximum absolute atomic E-state index is 9.86. The Hall–Kier alpha value is -0.641. The van der Waals surface area contributed by atoms with Gasteiger partial charge in [-0.1, -0.05) is 0 Å². The monoisotopic (exact) mass is 327 g/mol. The molecule has 9 nitrogen and oxygen atoms in total. The van der Waals surface area contributed by atoms with Gasteiger partial charge in [0.25, 0.3) is 0 Å². The summed E-state index contributed by atoms with van der Waals surface area (Å²) in [6, 6.07) is -1.21. The van der Waals surface area contributed by atoms with Gasteiger partial charge in [-0.25, -0.2) is 0 Å². The molecule has 0 bridgehead atoms. The van der Waals surface area contributed by atoms with Crippen molar-refractivity contribution in [3.63, 3.8) is 0 Å². The normalized spacial score (nSPS) is 10.5. The third-order valence-corrected chi connectivity index (χ3v) is 1.93. The second kappa shape index (κ2) is 12.4. The SMILES string of the molecule is NC(CCC(=O)[O-])C(=O)[O-].O=C(O)[CH]([Fe+])C(=O)O.[Na+]. The van der Waals surface area contributed by atoms with Crippen molar-refractivity contribution in [2.75, 3.05) is 0 Å². The Morgan fingerprint density at radius 3 is 1.63 bits per heavy atom. The summed E-state index contributed by atoms with van der Waals surface area (Å²) >= 11 is 2.84. The fourth-order valence-corrected chi connectivity index (χ4v) is 0.497. The van der Waals surface area contributed by atoms with Gasteiger partial charge >= 0.3 is 82.1 Å². The molecule has 0 aromatic carbocycles. The van der Waals surface area contributed by atoms with Gasteiger partial charge in [0.1, 0.15) is 0 Å². The second-order valence-corrected chi connectivity index (χ2v) is 3.50. The van der Waals surface area contributed by atoms with Crippen LogP contribution in [0.1, 0.15) is 12.8 Å². The summed E-state index contributed by atoms with van der Waals surface area (Å²) in [6.45, 7) is 0. The first-order valence-corrected chi connectivity index (χ1v) is 4.97. The first-order chi connectivity index (χ1) is 8.09. The van der Waals surface area contributed by atoms with Crippen molar-refractivity contribution >= 4 is 23.9 Å². The largest absolute Gasteiger partial charge is 1.00 e. The van der Waals surface area contributed by atoms with Crippen molar-refractivity contribution in [1.82, 2.24) is 0 Å². The summed E-state index contributed by atoms with van der Waals surface area (Å²) < 4.78 is 0. The van der Waals surface area contributed by atoms with Gasteiger partial charge in [0, 0.05) is 12.0 Å². The molecule has 0 aromatic rings. The quantitative estimate of drug-likeness (QED) is 0.315. The average molecular weight is 327 g/mol. The van der Waals surface area contributed by atoms with Gasteiger partial charge in [-0.2, -0.15) is 0 Å². The molecule has 104 valence electrons. The standard InChI is InChI=1S/C5H9NO4.C3H3O4.Fe.Na/c6-3(5(9)10)1-2-4(7)8;4-2(5)1-3(6)7;;/h3H,1-2,6H2,(H,7,8)(H,9,10);1H,(H,4,5)(H,6,7);;/q;;2*+1/p-2. The molecule has 0 amide bonds. The molecule has 0 aliphatic rings. The maximum atomic E-state index is 9.86. The van der Waals surface area contributed by atoms with Crippen LogP contribution < -0.4 is 45.5 Å². The molecule has 0 radical (unpaired) electrons. The molecule has 0 saturated heterocycles. The van der Waals surface area contributed by atoms with Gasteiger partial charge in [0.15, 0.2) is 0 Å². The van der Waals surface area contributed by atoms with E-state index in [4.69, 9.17) is 15.9 Å². The number of nitrogens with two attached hydrogens (primary N) is 1. The van der Waals surface area contributed by atoms with Crippen molar-refractivity contribution in [3.05, 3.63) is 0 Å². The van der Waals surface area contributed by atoms with Crippen LogP contribution >= 0.6 is 0 Å². The Bertz CT molecular complexity index is 323. The first-order valence-electron chi connectivity index (χ1n) is 4.34. The van der Waals surface area contributed by atoms with Crippen LogP contribution in [0.3, 0.4) is 0 Å². The Labute approximate surface area is 138 Å². The van der Waals surface area contributed by atoms with E-state index in [0.717, 1.165) is 0 Å². The van der Waals surface area contributed by atoms with Crippen LogP contribution in [-0.4, -0.2) is 40.1 Å². The molecule has 0 aliphatic heterocycles. The average Bonchev–Trinajstić information content (AvgIpc) is 2.24. The van der Waals surface area contributed by atoms with Gasteiger partial charge < -0.3 is 25.5 Å². The first kappa shape index (κ1) is 23.5. The van der Waals surface area contributed by atoms with Crippen molar-refractivity contribution in [1.29, 1.82) is 0 Å². The molecule has 0 saturated carbocycles. The molecule has 0 spiro atoms. The van der Waals surface area contributed by atoms with Crippen LogP contribution in [0, 0.1) is 0 Å². The molecule has 1 atom stereocenters. The van der Waals surface area contributed by atoms with Gasteiger partial charge in [0.05, 0.1) is 5.97 Å². The summed E-state index contributed by atoms with van der Waals surface area (Å²) in [4.78, 5) is 37.5. The molecule has 0 heterocycles. The molecule has 0 aromatic heterocycles. The zero-order chi connectivity index (χ0) is 14.9. The van der Waals surface area contributed by atoms with E-state index in [1.165, 1.54) is 0 Å². The Morgan fingerprint density at radius 2 is 1.47 bits per heavy atom. The molecule has 0 rings (SSSR count). The second-order valence-electron chi connectivity index (χ2n) is 2.86. The zero-order valence-corrected chi connectivity index (χ0v) is 12.9. The van der Waals surface area contributed by atoms with Gasteiger partial charge in [-0.3, -0.25) is 0 Å². The summed E-state index contributed by atoms with van der Waals surface area (Å²) in [5.41, 5.74) is 4.91. The van der Waals surface area contributed by atoms with E-state index >= 15 is 0 Å². The minimum absolute atomic E-state index is 0. The number of aliphatic carboxylic acids is 4. The van der Waals surface area contributed by atoms with Crippen LogP contribution in [0.15, 0.2) is 0 Å².